The van der Waals surface area contributed by atoms with E-state index in [0.717, 1.165) is 4.31 Å². The van der Waals surface area contributed by atoms with Crippen LogP contribution in [0.5, 0.6) is 0 Å². The van der Waals surface area contributed by atoms with Gasteiger partial charge in [-0.15, -0.1) is 0 Å². The number of nitrogens with two attached hydrogens (primary N) is 1. The van der Waals surface area contributed by atoms with Gasteiger partial charge in [-0.1, -0.05) is 30.3 Å². The Bertz CT molecular complexity index is 451. The first-order valence-corrected chi connectivity index (χ1v) is 7.06. The van der Waals surface area contributed by atoms with Gasteiger partial charge in [-0.25, -0.2) is 17.2 Å². The molecule has 1 rings (SSSR count). The Morgan fingerprint density at radius 2 is 1.83 bits per heavy atom. The maximum Gasteiger partial charge on any atom is 0.252 e. The highest BCUT2D eigenvalue weighted by Gasteiger charge is 2.24. The highest BCUT2D eigenvalue weighted by Crippen LogP contribution is 2.12. The van der Waals surface area contributed by atoms with E-state index in [1.165, 1.54) is 0 Å². The Balaban J connectivity index is 2.81. The highest BCUT2D eigenvalue weighted by molar-refractivity contribution is 7.88. The van der Waals surface area contributed by atoms with Crippen molar-refractivity contribution in [2.45, 2.75) is 12.2 Å². The summed E-state index contributed by atoms with van der Waals surface area (Å²) >= 11 is 0. The summed E-state index contributed by atoms with van der Waals surface area (Å²) in [6, 6.07) is 8.44. The summed E-state index contributed by atoms with van der Waals surface area (Å²) in [4.78, 5) is 0. The van der Waals surface area contributed by atoms with Crippen LogP contribution in [0.2, 0.25) is 0 Å². The summed E-state index contributed by atoms with van der Waals surface area (Å²) in [6.45, 7) is -0.896. The molecule has 0 saturated heterocycles. The summed E-state index contributed by atoms with van der Waals surface area (Å²) in [7, 11) is -3.76. The van der Waals surface area contributed by atoms with E-state index in [2.05, 4.69) is 0 Å². The number of nitrogens with zero attached hydrogens (tertiary/aromatic N) is 1. The van der Waals surface area contributed by atoms with Crippen molar-refractivity contribution in [1.29, 1.82) is 0 Å². The second kappa shape index (κ2) is 6.77. The van der Waals surface area contributed by atoms with Gasteiger partial charge in [-0.05, 0) is 5.56 Å². The van der Waals surface area contributed by atoms with E-state index >= 15 is 0 Å². The smallest absolute Gasteiger partial charge is 0.252 e. The monoisotopic (exact) mass is 278 g/mol. The largest absolute Gasteiger partial charge is 0.329 e. The van der Waals surface area contributed by atoms with Gasteiger partial charge in [0, 0.05) is 13.1 Å². The molecule has 102 valence electrons. The minimum absolute atomic E-state index is 0.0146. The van der Waals surface area contributed by atoms with Crippen LogP contribution in [0.1, 0.15) is 5.56 Å². The van der Waals surface area contributed by atoms with Crippen molar-refractivity contribution >= 4 is 10.0 Å². The van der Waals surface area contributed by atoms with E-state index < -0.39 is 23.0 Å². The van der Waals surface area contributed by atoms with Gasteiger partial charge < -0.3 is 5.73 Å². The van der Waals surface area contributed by atoms with Crippen LogP contribution in [0, 0.1) is 0 Å². The molecule has 1 aromatic rings. The standard InChI is InChI=1S/C11H16F2N2O2S/c12-11(13)8-15(7-6-14)18(16,17)9-10-4-2-1-3-5-10/h1-5,11H,6-9,14H2. The third-order valence-corrected chi connectivity index (χ3v) is 4.12. The van der Waals surface area contributed by atoms with Gasteiger partial charge in [0.15, 0.2) is 0 Å². The number of alkyl halides is 2. The molecule has 0 aliphatic heterocycles. The fourth-order valence-corrected chi connectivity index (χ4v) is 3.04. The highest BCUT2D eigenvalue weighted by atomic mass is 32.2. The van der Waals surface area contributed by atoms with E-state index in [9.17, 15) is 17.2 Å². The summed E-state index contributed by atoms with van der Waals surface area (Å²) in [5.74, 6) is -0.291. The van der Waals surface area contributed by atoms with Gasteiger partial charge >= 0.3 is 0 Å². The zero-order valence-corrected chi connectivity index (χ0v) is 10.6. The lowest BCUT2D eigenvalue weighted by atomic mass is 10.2. The van der Waals surface area contributed by atoms with E-state index in [1.807, 2.05) is 0 Å². The molecule has 0 amide bonds. The minimum atomic E-state index is -3.76. The van der Waals surface area contributed by atoms with Crippen LogP contribution in [0.25, 0.3) is 0 Å². The van der Waals surface area contributed by atoms with E-state index in [-0.39, 0.29) is 18.8 Å². The number of sulfonamides is 1. The molecule has 4 nitrogen and oxygen atoms in total. The van der Waals surface area contributed by atoms with Gasteiger partial charge in [0.1, 0.15) is 0 Å². The molecule has 0 spiro atoms. The fourth-order valence-electron chi connectivity index (χ4n) is 1.52. The Kier molecular flexibility index (Phi) is 5.64. The maximum absolute atomic E-state index is 12.3. The lowest BCUT2D eigenvalue weighted by molar-refractivity contribution is 0.120. The number of benzene rings is 1. The molecule has 0 bridgehead atoms. The number of hydrogen-bond donors (Lipinski definition) is 1. The Labute approximate surface area is 105 Å². The van der Waals surface area contributed by atoms with Crippen LogP contribution in [-0.4, -0.2) is 38.8 Å². The van der Waals surface area contributed by atoms with Crippen LogP contribution >= 0.6 is 0 Å². The van der Waals surface area contributed by atoms with Crippen molar-refractivity contribution in [3.8, 4) is 0 Å². The molecule has 0 unspecified atom stereocenters. The Morgan fingerprint density at radius 1 is 1.22 bits per heavy atom. The summed E-state index contributed by atoms with van der Waals surface area (Å²) in [5.41, 5.74) is 5.81. The summed E-state index contributed by atoms with van der Waals surface area (Å²) in [6.07, 6.45) is -2.71. The SMILES string of the molecule is NCCN(CC(F)F)S(=O)(=O)Cc1ccccc1. The minimum Gasteiger partial charge on any atom is -0.329 e. The second-order valence-corrected chi connectivity index (χ2v) is 5.75. The average molecular weight is 278 g/mol. The molecule has 0 heterocycles. The molecular formula is C11H16F2N2O2S. The van der Waals surface area contributed by atoms with Crippen molar-refractivity contribution in [3.63, 3.8) is 0 Å². The van der Waals surface area contributed by atoms with Crippen LogP contribution < -0.4 is 5.73 Å². The maximum atomic E-state index is 12.3. The van der Waals surface area contributed by atoms with E-state index in [1.54, 1.807) is 30.3 Å². The van der Waals surface area contributed by atoms with Crippen molar-refractivity contribution < 1.29 is 17.2 Å². The van der Waals surface area contributed by atoms with Crippen LogP contribution in [0.15, 0.2) is 30.3 Å². The molecule has 0 atom stereocenters. The second-order valence-electron chi connectivity index (χ2n) is 3.78. The molecule has 0 aliphatic rings. The molecule has 0 aromatic heterocycles. The third kappa shape index (κ3) is 4.67. The molecule has 2 N–H and O–H groups in total. The van der Waals surface area contributed by atoms with Gasteiger partial charge in [-0.2, -0.15) is 4.31 Å². The number of halogens is 2. The fraction of sp³-hybridized carbons (Fsp3) is 0.455. The van der Waals surface area contributed by atoms with Crippen molar-refractivity contribution in [3.05, 3.63) is 35.9 Å². The lowest BCUT2D eigenvalue weighted by Crippen LogP contribution is -2.39. The van der Waals surface area contributed by atoms with Crippen molar-refractivity contribution in [2.24, 2.45) is 5.73 Å². The van der Waals surface area contributed by atoms with Crippen molar-refractivity contribution in [2.75, 3.05) is 19.6 Å². The lowest BCUT2D eigenvalue weighted by Gasteiger charge is -2.21. The molecule has 18 heavy (non-hydrogen) atoms. The van der Waals surface area contributed by atoms with Gasteiger partial charge in [0.05, 0.1) is 12.3 Å². The third-order valence-electron chi connectivity index (χ3n) is 2.31. The zero-order valence-electron chi connectivity index (χ0n) is 9.80. The van der Waals surface area contributed by atoms with E-state index in [4.69, 9.17) is 5.73 Å². The molecule has 1 aromatic carbocycles. The number of hydrogen-bond acceptors (Lipinski definition) is 3. The average Bonchev–Trinajstić information content (AvgIpc) is 2.28. The van der Waals surface area contributed by atoms with Crippen LogP contribution in [-0.2, 0) is 15.8 Å². The molecule has 0 aliphatic carbocycles. The Hall–Kier alpha value is -1.05. The molecule has 0 fully saturated rings. The van der Waals surface area contributed by atoms with Crippen LogP contribution in [0.4, 0.5) is 8.78 Å². The normalized spacial score (nSPS) is 12.3. The predicted molar refractivity (Wildman–Crippen MR) is 65.7 cm³/mol. The predicted octanol–water partition coefficient (Wildman–Crippen LogP) is 1.04. The first kappa shape index (κ1) is 15.0. The van der Waals surface area contributed by atoms with Gasteiger partial charge in [0.2, 0.25) is 10.0 Å². The molecule has 0 saturated carbocycles. The quantitative estimate of drug-likeness (QED) is 0.810. The van der Waals surface area contributed by atoms with Crippen molar-refractivity contribution in [1.82, 2.24) is 4.31 Å². The zero-order chi connectivity index (χ0) is 13.6. The van der Waals surface area contributed by atoms with E-state index in [0.29, 0.717) is 5.56 Å². The first-order valence-electron chi connectivity index (χ1n) is 5.45. The van der Waals surface area contributed by atoms with Gasteiger partial charge in [-0.3, -0.25) is 0 Å². The topological polar surface area (TPSA) is 63.4 Å². The molecule has 7 heteroatoms. The van der Waals surface area contributed by atoms with Crippen LogP contribution in [0.3, 0.4) is 0 Å². The summed E-state index contributed by atoms with van der Waals surface area (Å²) < 4.78 is 49.3. The molecule has 0 radical (unpaired) electrons. The van der Waals surface area contributed by atoms with Gasteiger partial charge in [0.25, 0.3) is 6.43 Å². The summed E-state index contributed by atoms with van der Waals surface area (Å²) in [5, 5.41) is 0. The Morgan fingerprint density at radius 3 is 2.33 bits per heavy atom. The number of rotatable bonds is 7. The first-order chi connectivity index (χ1) is 8.45. The molecular weight excluding hydrogens is 262 g/mol.